The molecular formula is C16H23N3O. The molecule has 0 aliphatic rings. The minimum atomic E-state index is 0.156. The van der Waals surface area contributed by atoms with Gasteiger partial charge in [-0.3, -0.25) is 4.79 Å². The van der Waals surface area contributed by atoms with Gasteiger partial charge in [-0.1, -0.05) is 26.0 Å². The molecule has 2 rings (SSSR count). The second-order valence-electron chi connectivity index (χ2n) is 5.59. The first-order chi connectivity index (χ1) is 9.65. The van der Waals surface area contributed by atoms with E-state index in [1.165, 1.54) is 0 Å². The summed E-state index contributed by atoms with van der Waals surface area (Å²) in [5.74, 6) is 1.72. The van der Waals surface area contributed by atoms with Crippen LogP contribution in [-0.2, 0) is 11.2 Å². The van der Waals surface area contributed by atoms with Crippen molar-refractivity contribution in [1.29, 1.82) is 0 Å². The molecule has 1 heterocycles. The lowest BCUT2D eigenvalue weighted by Gasteiger charge is -2.06. The zero-order valence-electron chi connectivity index (χ0n) is 12.3. The number of amides is 1. The number of rotatable bonds is 7. The van der Waals surface area contributed by atoms with Gasteiger partial charge in [0.05, 0.1) is 11.0 Å². The molecule has 108 valence electrons. The number of fused-ring (bicyclic) bond motifs is 1. The molecule has 2 aromatic rings. The Morgan fingerprint density at radius 3 is 2.90 bits per heavy atom. The molecule has 0 saturated carbocycles. The molecule has 4 heteroatoms. The van der Waals surface area contributed by atoms with Gasteiger partial charge in [-0.05, 0) is 30.9 Å². The van der Waals surface area contributed by atoms with Crippen LogP contribution in [0.3, 0.4) is 0 Å². The summed E-state index contributed by atoms with van der Waals surface area (Å²) in [4.78, 5) is 19.4. The number of hydrogen-bond donors (Lipinski definition) is 2. The van der Waals surface area contributed by atoms with Gasteiger partial charge in [0.25, 0.3) is 0 Å². The van der Waals surface area contributed by atoms with Crippen LogP contribution in [-0.4, -0.2) is 22.4 Å². The van der Waals surface area contributed by atoms with Gasteiger partial charge in [-0.2, -0.15) is 0 Å². The van der Waals surface area contributed by atoms with E-state index < -0.39 is 0 Å². The topological polar surface area (TPSA) is 57.8 Å². The molecule has 0 aliphatic heterocycles. The third-order valence-electron chi connectivity index (χ3n) is 3.30. The van der Waals surface area contributed by atoms with Gasteiger partial charge >= 0.3 is 0 Å². The lowest BCUT2D eigenvalue weighted by molar-refractivity contribution is -0.121. The number of aryl methyl sites for hydroxylation is 1. The van der Waals surface area contributed by atoms with E-state index in [2.05, 4.69) is 29.1 Å². The predicted octanol–water partition coefficient (Wildman–Crippen LogP) is 3.05. The van der Waals surface area contributed by atoms with Crippen molar-refractivity contribution in [2.45, 2.75) is 39.5 Å². The quantitative estimate of drug-likeness (QED) is 0.762. The maximum Gasteiger partial charge on any atom is 0.220 e. The molecule has 0 unspecified atom stereocenters. The molecule has 1 aromatic carbocycles. The molecule has 1 aromatic heterocycles. The Labute approximate surface area is 120 Å². The fourth-order valence-electron chi connectivity index (χ4n) is 2.12. The number of H-pyrrole nitrogens is 1. The van der Waals surface area contributed by atoms with E-state index in [-0.39, 0.29) is 5.91 Å². The smallest absolute Gasteiger partial charge is 0.220 e. The van der Waals surface area contributed by atoms with E-state index >= 15 is 0 Å². The van der Waals surface area contributed by atoms with Gasteiger partial charge in [0, 0.05) is 19.4 Å². The van der Waals surface area contributed by atoms with Crippen LogP contribution in [0.15, 0.2) is 24.3 Å². The van der Waals surface area contributed by atoms with E-state index in [0.717, 1.165) is 36.1 Å². The number of para-hydroxylation sites is 2. The number of aromatic amines is 1. The van der Waals surface area contributed by atoms with Crippen LogP contribution in [0.25, 0.3) is 11.0 Å². The van der Waals surface area contributed by atoms with Crippen molar-refractivity contribution in [1.82, 2.24) is 15.3 Å². The molecule has 0 bridgehead atoms. The van der Waals surface area contributed by atoms with Crippen LogP contribution in [0.2, 0.25) is 0 Å². The standard InChI is InChI=1S/C16H23N3O/c1-12(2)9-10-16(20)17-11-5-8-15-18-13-6-3-4-7-14(13)19-15/h3-4,6-7,12H,5,8-11H2,1-2H3,(H,17,20)(H,18,19). The van der Waals surface area contributed by atoms with Gasteiger partial charge in [-0.15, -0.1) is 0 Å². The van der Waals surface area contributed by atoms with Crippen LogP contribution < -0.4 is 5.32 Å². The first-order valence-corrected chi connectivity index (χ1v) is 7.35. The molecular weight excluding hydrogens is 250 g/mol. The monoisotopic (exact) mass is 273 g/mol. The molecule has 0 aliphatic carbocycles. The second kappa shape index (κ2) is 7.08. The van der Waals surface area contributed by atoms with Crippen molar-refractivity contribution >= 4 is 16.9 Å². The normalized spacial score (nSPS) is 11.2. The maximum absolute atomic E-state index is 11.6. The fraction of sp³-hybridized carbons (Fsp3) is 0.500. The first-order valence-electron chi connectivity index (χ1n) is 7.35. The highest BCUT2D eigenvalue weighted by Crippen LogP contribution is 2.11. The average molecular weight is 273 g/mol. The molecule has 2 N–H and O–H groups in total. The van der Waals surface area contributed by atoms with Crippen LogP contribution in [0.4, 0.5) is 0 Å². The summed E-state index contributed by atoms with van der Waals surface area (Å²) in [6.07, 6.45) is 3.35. The number of carbonyl (C=O) groups is 1. The number of hydrogen-bond acceptors (Lipinski definition) is 2. The van der Waals surface area contributed by atoms with Gasteiger partial charge in [-0.25, -0.2) is 4.98 Å². The largest absolute Gasteiger partial charge is 0.356 e. The summed E-state index contributed by atoms with van der Waals surface area (Å²) in [5.41, 5.74) is 2.08. The Morgan fingerprint density at radius 2 is 2.15 bits per heavy atom. The van der Waals surface area contributed by atoms with E-state index in [1.54, 1.807) is 0 Å². The van der Waals surface area contributed by atoms with E-state index in [4.69, 9.17) is 0 Å². The number of imidazole rings is 1. The summed E-state index contributed by atoms with van der Waals surface area (Å²) in [7, 11) is 0. The van der Waals surface area contributed by atoms with E-state index in [9.17, 15) is 4.79 Å². The molecule has 0 fully saturated rings. The Kier molecular flexibility index (Phi) is 5.16. The Balaban J connectivity index is 1.69. The van der Waals surface area contributed by atoms with Gasteiger partial charge in [0.15, 0.2) is 0 Å². The van der Waals surface area contributed by atoms with Crippen LogP contribution in [0.1, 0.15) is 38.9 Å². The van der Waals surface area contributed by atoms with Crippen LogP contribution >= 0.6 is 0 Å². The summed E-state index contributed by atoms with van der Waals surface area (Å²) < 4.78 is 0. The van der Waals surface area contributed by atoms with Crippen molar-refractivity contribution in [3.63, 3.8) is 0 Å². The lowest BCUT2D eigenvalue weighted by Crippen LogP contribution is -2.24. The van der Waals surface area contributed by atoms with Crippen LogP contribution in [0.5, 0.6) is 0 Å². The van der Waals surface area contributed by atoms with Gasteiger partial charge in [0.2, 0.25) is 5.91 Å². The predicted molar refractivity (Wildman–Crippen MR) is 81.5 cm³/mol. The summed E-state index contributed by atoms with van der Waals surface area (Å²) in [5, 5.41) is 2.96. The zero-order chi connectivity index (χ0) is 14.4. The first kappa shape index (κ1) is 14.6. The number of aromatic nitrogens is 2. The number of benzene rings is 1. The summed E-state index contributed by atoms with van der Waals surface area (Å²) >= 11 is 0. The third-order valence-corrected chi connectivity index (χ3v) is 3.30. The van der Waals surface area contributed by atoms with Crippen molar-refractivity contribution in [2.75, 3.05) is 6.54 Å². The van der Waals surface area contributed by atoms with Crippen molar-refractivity contribution in [3.05, 3.63) is 30.1 Å². The minimum Gasteiger partial charge on any atom is -0.356 e. The van der Waals surface area contributed by atoms with Crippen LogP contribution in [0, 0.1) is 5.92 Å². The van der Waals surface area contributed by atoms with E-state index in [1.807, 2.05) is 24.3 Å². The summed E-state index contributed by atoms with van der Waals surface area (Å²) in [6, 6.07) is 8.02. The third kappa shape index (κ3) is 4.37. The highest BCUT2D eigenvalue weighted by atomic mass is 16.1. The lowest BCUT2D eigenvalue weighted by atomic mass is 10.1. The number of nitrogens with zero attached hydrogens (tertiary/aromatic N) is 1. The molecule has 0 saturated heterocycles. The maximum atomic E-state index is 11.6. The van der Waals surface area contributed by atoms with Crippen molar-refractivity contribution < 1.29 is 4.79 Å². The number of carbonyl (C=O) groups excluding carboxylic acids is 1. The highest BCUT2D eigenvalue weighted by molar-refractivity contribution is 5.76. The van der Waals surface area contributed by atoms with Crippen molar-refractivity contribution in [2.24, 2.45) is 5.92 Å². The molecule has 1 amide bonds. The molecule has 0 atom stereocenters. The molecule has 0 spiro atoms. The highest BCUT2D eigenvalue weighted by Gasteiger charge is 2.04. The molecule has 4 nitrogen and oxygen atoms in total. The Hall–Kier alpha value is -1.84. The Bertz CT molecular complexity index is 527. The fourth-order valence-corrected chi connectivity index (χ4v) is 2.12. The zero-order valence-corrected chi connectivity index (χ0v) is 12.3. The second-order valence-corrected chi connectivity index (χ2v) is 5.59. The van der Waals surface area contributed by atoms with Crippen molar-refractivity contribution in [3.8, 4) is 0 Å². The van der Waals surface area contributed by atoms with Gasteiger partial charge < -0.3 is 10.3 Å². The van der Waals surface area contributed by atoms with E-state index in [0.29, 0.717) is 18.9 Å². The Morgan fingerprint density at radius 1 is 1.35 bits per heavy atom. The number of nitrogens with one attached hydrogen (secondary N) is 2. The minimum absolute atomic E-state index is 0.156. The summed E-state index contributed by atoms with van der Waals surface area (Å²) in [6.45, 7) is 4.98. The van der Waals surface area contributed by atoms with Gasteiger partial charge in [0.1, 0.15) is 5.82 Å². The SMILES string of the molecule is CC(C)CCC(=O)NCCCc1nc2ccccc2[nH]1. The molecule has 0 radical (unpaired) electrons. The average Bonchev–Trinajstić information content (AvgIpc) is 2.84. The molecule has 20 heavy (non-hydrogen) atoms.